The van der Waals surface area contributed by atoms with Gasteiger partial charge in [0.25, 0.3) is 11.8 Å². The summed E-state index contributed by atoms with van der Waals surface area (Å²) in [6.07, 6.45) is 2.81. The molecule has 5 rings (SSSR count). The van der Waals surface area contributed by atoms with Crippen molar-refractivity contribution in [2.45, 2.75) is 63.8 Å². The molecule has 10 heteroatoms. The number of aromatic nitrogens is 2. The van der Waals surface area contributed by atoms with Gasteiger partial charge in [0.05, 0.1) is 11.3 Å². The summed E-state index contributed by atoms with van der Waals surface area (Å²) in [5.74, 6) is -0.455. The number of hydrogen-bond acceptors (Lipinski definition) is 6. The van der Waals surface area contributed by atoms with E-state index in [2.05, 4.69) is 32.5 Å². The van der Waals surface area contributed by atoms with Crippen LogP contribution in [-0.2, 0) is 13.0 Å². The molecular weight excluding hydrogens is 498 g/mol. The van der Waals surface area contributed by atoms with E-state index in [0.29, 0.717) is 28.6 Å². The minimum absolute atomic E-state index is 0.00400. The number of nitrogens with zero attached hydrogens (tertiary/aromatic N) is 2. The Bertz CT molecular complexity index is 1300. The summed E-state index contributed by atoms with van der Waals surface area (Å²) in [6, 6.07) is 6.62. The summed E-state index contributed by atoms with van der Waals surface area (Å²) in [5.41, 5.74) is 1.40. The first-order valence-electron chi connectivity index (χ1n) is 12.4. The maximum absolute atomic E-state index is 13.2. The number of hydrogen-bond donors (Lipinski definition) is 4. The Balaban J connectivity index is 1.33. The second-order valence-electron chi connectivity index (χ2n) is 10.6. The highest BCUT2D eigenvalue weighted by Crippen LogP contribution is 2.34. The van der Waals surface area contributed by atoms with E-state index in [1.807, 2.05) is 12.1 Å². The van der Waals surface area contributed by atoms with Crippen molar-refractivity contribution in [3.05, 3.63) is 50.6 Å². The number of nitrogens with one attached hydrogen (secondary N) is 3. The van der Waals surface area contributed by atoms with Gasteiger partial charge < -0.3 is 25.6 Å². The number of aliphatic hydroxyl groups is 1. The fourth-order valence-electron chi connectivity index (χ4n) is 5.27. The molecular formula is C26H32ClN5O3S. The highest BCUT2D eigenvalue weighted by Gasteiger charge is 2.39. The SMILES string of the molecule is CN1CCc2nc(C(=O)N[C@@H]3C[C@@H](C(C)(C)O)CC[C@@H]3NC(=O)c3cc4cc(Cl)ccc4[nH]3)sc2C1. The number of carbonyl (C=O) groups is 2. The summed E-state index contributed by atoms with van der Waals surface area (Å²) < 4.78 is 0. The molecule has 3 atom stereocenters. The number of carbonyl (C=O) groups excluding carboxylic acids is 2. The normalized spacial score (nSPS) is 22.9. The Kier molecular flexibility index (Phi) is 6.84. The van der Waals surface area contributed by atoms with Gasteiger partial charge >= 0.3 is 0 Å². The van der Waals surface area contributed by atoms with Gasteiger partial charge in [0.1, 0.15) is 5.69 Å². The Morgan fingerprint density at radius 1 is 1.19 bits per heavy atom. The van der Waals surface area contributed by atoms with Crippen LogP contribution in [-0.4, -0.2) is 63.1 Å². The second-order valence-corrected chi connectivity index (χ2v) is 12.1. The quantitative estimate of drug-likeness (QED) is 0.402. The van der Waals surface area contributed by atoms with E-state index in [4.69, 9.17) is 11.6 Å². The monoisotopic (exact) mass is 529 g/mol. The van der Waals surface area contributed by atoms with Crippen LogP contribution in [0.25, 0.3) is 10.9 Å². The number of H-pyrrole nitrogens is 1. The minimum Gasteiger partial charge on any atom is -0.390 e. The van der Waals surface area contributed by atoms with Crippen molar-refractivity contribution in [2.75, 3.05) is 13.6 Å². The highest BCUT2D eigenvalue weighted by molar-refractivity contribution is 7.13. The topological polar surface area (TPSA) is 110 Å². The van der Waals surface area contributed by atoms with Crippen LogP contribution < -0.4 is 10.6 Å². The van der Waals surface area contributed by atoms with E-state index in [1.165, 1.54) is 11.3 Å². The molecule has 0 bridgehead atoms. The lowest BCUT2D eigenvalue weighted by Gasteiger charge is -2.41. The molecule has 2 amide bonds. The molecule has 1 saturated carbocycles. The first-order valence-corrected chi connectivity index (χ1v) is 13.6. The molecule has 8 nitrogen and oxygen atoms in total. The third-order valence-electron chi connectivity index (χ3n) is 7.43. The van der Waals surface area contributed by atoms with Gasteiger partial charge in [-0.1, -0.05) is 11.6 Å². The second kappa shape index (κ2) is 9.78. The summed E-state index contributed by atoms with van der Waals surface area (Å²) >= 11 is 7.53. The fraction of sp³-hybridized carbons (Fsp3) is 0.500. The first kappa shape index (κ1) is 25.2. The largest absolute Gasteiger partial charge is 0.390 e. The van der Waals surface area contributed by atoms with Crippen molar-refractivity contribution in [3.8, 4) is 0 Å². The van der Waals surface area contributed by atoms with Gasteiger partial charge in [-0.05, 0) is 70.3 Å². The summed E-state index contributed by atoms with van der Waals surface area (Å²) in [4.78, 5) is 37.5. The van der Waals surface area contributed by atoms with Crippen LogP contribution in [0.15, 0.2) is 24.3 Å². The third-order valence-corrected chi connectivity index (χ3v) is 8.74. The predicted molar refractivity (Wildman–Crippen MR) is 142 cm³/mol. The smallest absolute Gasteiger partial charge is 0.280 e. The number of halogens is 1. The van der Waals surface area contributed by atoms with Crippen LogP contribution in [0.3, 0.4) is 0 Å². The first-order chi connectivity index (χ1) is 17.1. The Morgan fingerprint density at radius 2 is 1.97 bits per heavy atom. The lowest BCUT2D eigenvalue weighted by atomic mass is 9.74. The van der Waals surface area contributed by atoms with Crippen molar-refractivity contribution >= 4 is 45.7 Å². The van der Waals surface area contributed by atoms with Crippen molar-refractivity contribution < 1.29 is 14.7 Å². The van der Waals surface area contributed by atoms with Gasteiger partial charge in [-0.15, -0.1) is 11.3 Å². The third kappa shape index (κ3) is 5.29. The fourth-order valence-corrected chi connectivity index (χ4v) is 6.54. The zero-order valence-electron chi connectivity index (χ0n) is 20.7. The van der Waals surface area contributed by atoms with Crippen LogP contribution >= 0.6 is 22.9 Å². The molecule has 0 radical (unpaired) electrons. The van der Waals surface area contributed by atoms with E-state index >= 15 is 0 Å². The molecule has 36 heavy (non-hydrogen) atoms. The highest BCUT2D eigenvalue weighted by atomic mass is 35.5. The number of thiazole rings is 1. The molecule has 3 aromatic rings. The van der Waals surface area contributed by atoms with Gasteiger partial charge in [-0.3, -0.25) is 9.59 Å². The number of rotatable bonds is 5. The van der Waals surface area contributed by atoms with E-state index in [1.54, 1.807) is 26.0 Å². The molecule has 3 heterocycles. The van der Waals surface area contributed by atoms with Crippen LogP contribution in [0.5, 0.6) is 0 Å². The number of fused-ring (bicyclic) bond motifs is 2. The van der Waals surface area contributed by atoms with E-state index in [-0.39, 0.29) is 29.8 Å². The molecule has 192 valence electrons. The zero-order chi connectivity index (χ0) is 25.6. The average molecular weight is 530 g/mol. The molecule has 1 aliphatic heterocycles. The number of amides is 2. The Labute approximate surface area is 219 Å². The summed E-state index contributed by atoms with van der Waals surface area (Å²) in [6.45, 7) is 5.34. The van der Waals surface area contributed by atoms with E-state index in [0.717, 1.165) is 47.4 Å². The van der Waals surface area contributed by atoms with Gasteiger partial charge in [0.2, 0.25) is 0 Å². The van der Waals surface area contributed by atoms with Crippen LogP contribution in [0, 0.1) is 5.92 Å². The summed E-state index contributed by atoms with van der Waals surface area (Å²) in [5, 5.41) is 18.9. The number of aromatic amines is 1. The van der Waals surface area contributed by atoms with Gasteiger partial charge in [-0.25, -0.2) is 4.98 Å². The van der Waals surface area contributed by atoms with Crippen LogP contribution in [0.2, 0.25) is 5.02 Å². The van der Waals surface area contributed by atoms with Gasteiger partial charge in [0, 0.05) is 52.4 Å². The average Bonchev–Trinajstić information content (AvgIpc) is 3.43. The van der Waals surface area contributed by atoms with E-state index < -0.39 is 5.60 Å². The molecule has 1 fully saturated rings. The molecule has 0 spiro atoms. The molecule has 1 aliphatic carbocycles. The standard InChI is InChI=1S/C26H32ClN5O3S/c1-26(2,35)15-4-6-18(29-23(33)21-11-14-10-16(27)5-7-17(14)28-21)20(12-15)30-24(34)25-31-19-8-9-32(3)13-22(19)36-25/h5,7,10-11,15,18,20,28,35H,4,6,8-9,12-13H2,1-3H3,(H,29,33)(H,30,34)/t15-,18-,20+/m0/s1. The Morgan fingerprint density at radius 3 is 2.75 bits per heavy atom. The van der Waals surface area contributed by atoms with Crippen molar-refractivity contribution in [1.82, 2.24) is 25.5 Å². The molecule has 1 aromatic carbocycles. The van der Waals surface area contributed by atoms with Crippen molar-refractivity contribution in [1.29, 1.82) is 0 Å². The lowest BCUT2D eigenvalue weighted by molar-refractivity contribution is -0.00937. The molecule has 2 aromatic heterocycles. The number of benzene rings is 1. The van der Waals surface area contributed by atoms with Crippen LogP contribution in [0.4, 0.5) is 0 Å². The maximum atomic E-state index is 13.2. The molecule has 0 saturated heterocycles. The van der Waals surface area contributed by atoms with Gasteiger partial charge in [-0.2, -0.15) is 0 Å². The summed E-state index contributed by atoms with van der Waals surface area (Å²) in [7, 11) is 2.07. The minimum atomic E-state index is -0.876. The molecule has 4 N–H and O–H groups in total. The lowest BCUT2D eigenvalue weighted by Crippen LogP contribution is -2.56. The Hall–Kier alpha value is -2.46. The van der Waals surface area contributed by atoms with E-state index in [9.17, 15) is 14.7 Å². The van der Waals surface area contributed by atoms with Crippen molar-refractivity contribution in [3.63, 3.8) is 0 Å². The van der Waals surface area contributed by atoms with Gasteiger partial charge in [0.15, 0.2) is 5.01 Å². The number of likely N-dealkylation sites (N-methyl/N-ethyl adjacent to an activating group) is 1. The zero-order valence-corrected chi connectivity index (χ0v) is 22.3. The predicted octanol–water partition coefficient (Wildman–Crippen LogP) is 3.73. The van der Waals surface area contributed by atoms with Crippen molar-refractivity contribution in [2.24, 2.45) is 5.92 Å². The van der Waals surface area contributed by atoms with Crippen LogP contribution in [0.1, 0.15) is 64.0 Å². The molecule has 2 aliphatic rings. The maximum Gasteiger partial charge on any atom is 0.280 e. The molecule has 0 unspecified atom stereocenters.